The summed E-state index contributed by atoms with van der Waals surface area (Å²) in [5.41, 5.74) is 1.48. The number of carbonyl (C=O) groups is 1. The van der Waals surface area contributed by atoms with Crippen molar-refractivity contribution in [3.8, 4) is 5.75 Å². The molecule has 2 aromatic heterocycles. The van der Waals surface area contributed by atoms with Gasteiger partial charge in [-0.15, -0.1) is 11.3 Å². The highest BCUT2D eigenvalue weighted by molar-refractivity contribution is 7.92. The van der Waals surface area contributed by atoms with Crippen LogP contribution in [-0.4, -0.2) is 37.2 Å². The number of hydrogen-bond donors (Lipinski definition) is 3. The van der Waals surface area contributed by atoms with Crippen LogP contribution in [-0.2, 0) is 21.2 Å². The fourth-order valence-electron chi connectivity index (χ4n) is 2.97. The fourth-order valence-corrected chi connectivity index (χ4v) is 4.66. The lowest BCUT2D eigenvalue weighted by molar-refractivity contribution is -0.116. The quantitative estimate of drug-likeness (QED) is 0.470. The Morgan fingerprint density at radius 1 is 1.29 bits per heavy atom. The van der Waals surface area contributed by atoms with E-state index in [1.54, 1.807) is 6.07 Å². The summed E-state index contributed by atoms with van der Waals surface area (Å²) in [5, 5.41) is 3.34. The number of aromatic nitrogens is 2. The van der Waals surface area contributed by atoms with Crippen LogP contribution in [0.4, 0.5) is 11.4 Å². The molecule has 3 rings (SSSR count). The van der Waals surface area contributed by atoms with E-state index >= 15 is 0 Å². The first-order chi connectivity index (χ1) is 14.6. The maximum absolute atomic E-state index is 12.4. The Morgan fingerprint density at radius 2 is 2.03 bits per heavy atom. The second kappa shape index (κ2) is 9.06. The number of rotatable bonds is 8. The molecule has 0 saturated heterocycles. The van der Waals surface area contributed by atoms with Gasteiger partial charge in [0.15, 0.2) is 0 Å². The molecule has 0 fully saturated rings. The van der Waals surface area contributed by atoms with Gasteiger partial charge in [-0.05, 0) is 38.5 Å². The number of anilines is 2. The Balaban J connectivity index is 1.68. The van der Waals surface area contributed by atoms with E-state index < -0.39 is 10.0 Å². The minimum Gasteiger partial charge on any atom is -0.494 e. The smallest absolute Gasteiger partial charge is 0.259 e. The Bertz CT molecular complexity index is 1290. The van der Waals surface area contributed by atoms with Gasteiger partial charge >= 0.3 is 0 Å². The van der Waals surface area contributed by atoms with Gasteiger partial charge in [-0.3, -0.25) is 14.3 Å². The average Bonchev–Trinajstić information content (AvgIpc) is 3.01. The first-order valence-corrected chi connectivity index (χ1v) is 12.1. The van der Waals surface area contributed by atoms with Crippen LogP contribution in [0.5, 0.6) is 5.75 Å². The van der Waals surface area contributed by atoms with Crippen LogP contribution in [0.15, 0.2) is 23.0 Å². The van der Waals surface area contributed by atoms with Gasteiger partial charge in [0, 0.05) is 29.5 Å². The molecule has 3 aromatic rings. The Kier molecular flexibility index (Phi) is 6.65. The van der Waals surface area contributed by atoms with Gasteiger partial charge in [0.2, 0.25) is 15.9 Å². The number of aryl methyl sites for hydroxylation is 3. The van der Waals surface area contributed by atoms with Crippen LogP contribution >= 0.6 is 11.3 Å². The van der Waals surface area contributed by atoms with Crippen molar-refractivity contribution in [2.45, 2.75) is 33.6 Å². The molecule has 0 atom stereocenters. The third-order valence-corrected chi connectivity index (χ3v) is 7.20. The summed E-state index contributed by atoms with van der Waals surface area (Å²) in [6.07, 6.45) is 0.392. The van der Waals surface area contributed by atoms with Gasteiger partial charge in [0.25, 0.3) is 5.56 Å². The number of amides is 1. The maximum atomic E-state index is 12.4. The molecular weight excluding hydrogens is 440 g/mol. The molecular formula is C20H24N4O5S2. The van der Waals surface area contributed by atoms with Gasteiger partial charge in [0.05, 0.1) is 23.9 Å². The lowest BCUT2D eigenvalue weighted by atomic mass is 10.2. The summed E-state index contributed by atoms with van der Waals surface area (Å²) in [4.78, 5) is 33.7. The zero-order chi connectivity index (χ0) is 22.8. The van der Waals surface area contributed by atoms with Crippen molar-refractivity contribution in [2.75, 3.05) is 22.9 Å². The van der Waals surface area contributed by atoms with Crippen LogP contribution in [0, 0.1) is 13.8 Å². The molecule has 0 aliphatic heterocycles. The van der Waals surface area contributed by atoms with E-state index in [0.29, 0.717) is 27.4 Å². The van der Waals surface area contributed by atoms with E-state index in [1.807, 2.05) is 13.8 Å². The van der Waals surface area contributed by atoms with Crippen molar-refractivity contribution < 1.29 is 17.9 Å². The van der Waals surface area contributed by atoms with Gasteiger partial charge in [-0.2, -0.15) is 0 Å². The van der Waals surface area contributed by atoms with E-state index in [0.717, 1.165) is 10.4 Å². The summed E-state index contributed by atoms with van der Waals surface area (Å²) in [6.45, 7) is 5.37. The number of hydrogen-bond acceptors (Lipinski definition) is 7. The highest BCUT2D eigenvalue weighted by Gasteiger charge is 2.14. The summed E-state index contributed by atoms with van der Waals surface area (Å²) in [5.74, 6) is 0.400. The molecule has 0 aliphatic carbocycles. The van der Waals surface area contributed by atoms with Gasteiger partial charge in [-0.25, -0.2) is 13.4 Å². The molecule has 166 valence electrons. The number of aromatic amines is 1. The molecule has 0 spiro atoms. The average molecular weight is 465 g/mol. The fraction of sp³-hybridized carbons (Fsp3) is 0.350. The van der Waals surface area contributed by atoms with Crippen LogP contribution in [0.1, 0.15) is 29.6 Å². The summed E-state index contributed by atoms with van der Waals surface area (Å²) >= 11 is 1.46. The summed E-state index contributed by atoms with van der Waals surface area (Å²) in [7, 11) is -2.04. The van der Waals surface area contributed by atoms with Gasteiger partial charge in [0.1, 0.15) is 16.4 Å². The molecule has 0 saturated carbocycles. The standard InChI is InChI=1S/C20H24N4O5S2/c1-5-31(27,28)24-14-7-6-13(10-15(14)29-4)21-17(25)9-8-16-22-19(26)18-11(2)12(3)30-20(18)23-16/h6-7,10,24H,5,8-9H2,1-4H3,(H,21,25)(H,22,23,26). The number of sulfonamides is 1. The lowest BCUT2D eigenvalue weighted by Crippen LogP contribution is -2.17. The maximum Gasteiger partial charge on any atom is 0.259 e. The molecule has 0 unspecified atom stereocenters. The first-order valence-electron chi connectivity index (χ1n) is 9.60. The van der Waals surface area contributed by atoms with Crippen molar-refractivity contribution in [2.24, 2.45) is 0 Å². The van der Waals surface area contributed by atoms with Crippen LogP contribution in [0.25, 0.3) is 10.2 Å². The van der Waals surface area contributed by atoms with Crippen molar-refractivity contribution in [3.05, 3.63) is 44.8 Å². The Morgan fingerprint density at radius 3 is 2.71 bits per heavy atom. The zero-order valence-corrected chi connectivity index (χ0v) is 19.3. The van der Waals surface area contributed by atoms with Crippen molar-refractivity contribution in [1.29, 1.82) is 0 Å². The summed E-state index contributed by atoms with van der Waals surface area (Å²) in [6, 6.07) is 4.64. The van der Waals surface area contributed by atoms with Crippen molar-refractivity contribution >= 4 is 48.9 Å². The van der Waals surface area contributed by atoms with E-state index in [-0.39, 0.29) is 35.8 Å². The second-order valence-corrected chi connectivity index (χ2v) is 10.2. The minimum absolute atomic E-state index is 0.0683. The third kappa shape index (κ3) is 5.23. The molecule has 9 nitrogen and oxygen atoms in total. The monoisotopic (exact) mass is 464 g/mol. The first kappa shape index (κ1) is 22.8. The van der Waals surface area contributed by atoms with Crippen molar-refractivity contribution in [3.63, 3.8) is 0 Å². The Labute approximate surface area is 183 Å². The van der Waals surface area contributed by atoms with Crippen LogP contribution < -0.4 is 20.3 Å². The van der Waals surface area contributed by atoms with E-state index in [9.17, 15) is 18.0 Å². The molecule has 1 aromatic carbocycles. The second-order valence-electron chi connectivity index (χ2n) is 6.94. The largest absolute Gasteiger partial charge is 0.494 e. The highest BCUT2D eigenvalue weighted by atomic mass is 32.2. The number of nitrogens with zero attached hydrogens (tertiary/aromatic N) is 1. The van der Waals surface area contributed by atoms with E-state index in [1.165, 1.54) is 37.5 Å². The normalized spacial score (nSPS) is 11.5. The number of fused-ring (bicyclic) bond motifs is 1. The van der Waals surface area contributed by atoms with Gasteiger partial charge in [-0.1, -0.05) is 0 Å². The number of methoxy groups -OCH3 is 1. The molecule has 3 N–H and O–H groups in total. The zero-order valence-electron chi connectivity index (χ0n) is 17.7. The SMILES string of the molecule is CCS(=O)(=O)Nc1ccc(NC(=O)CCc2nc3sc(C)c(C)c3c(=O)[nH]2)cc1OC. The third-order valence-electron chi connectivity index (χ3n) is 4.81. The number of H-pyrrole nitrogens is 1. The van der Waals surface area contributed by atoms with E-state index in [2.05, 4.69) is 20.0 Å². The number of ether oxygens (including phenoxy) is 1. The molecule has 11 heteroatoms. The Hall–Kier alpha value is -2.92. The number of benzene rings is 1. The summed E-state index contributed by atoms with van der Waals surface area (Å²) < 4.78 is 31.2. The number of nitrogens with one attached hydrogen (secondary N) is 3. The molecule has 0 bridgehead atoms. The number of thiophene rings is 1. The number of carbonyl (C=O) groups excluding carboxylic acids is 1. The van der Waals surface area contributed by atoms with Crippen LogP contribution in [0.3, 0.4) is 0 Å². The predicted octanol–water partition coefficient (Wildman–Crippen LogP) is 2.94. The highest BCUT2D eigenvalue weighted by Crippen LogP contribution is 2.29. The van der Waals surface area contributed by atoms with E-state index in [4.69, 9.17) is 4.74 Å². The molecule has 31 heavy (non-hydrogen) atoms. The topological polar surface area (TPSA) is 130 Å². The van der Waals surface area contributed by atoms with Gasteiger partial charge < -0.3 is 15.0 Å². The molecule has 2 heterocycles. The van der Waals surface area contributed by atoms with Crippen LogP contribution in [0.2, 0.25) is 0 Å². The van der Waals surface area contributed by atoms with Crippen molar-refractivity contribution in [1.82, 2.24) is 9.97 Å². The predicted molar refractivity (Wildman–Crippen MR) is 123 cm³/mol. The minimum atomic E-state index is -3.45. The molecule has 0 aliphatic rings. The lowest BCUT2D eigenvalue weighted by Gasteiger charge is -2.13. The molecule has 1 amide bonds. The molecule has 0 radical (unpaired) electrons.